The topological polar surface area (TPSA) is 60.6 Å². The van der Waals surface area contributed by atoms with Crippen molar-refractivity contribution >= 4 is 27.8 Å². The van der Waals surface area contributed by atoms with Crippen molar-refractivity contribution in [3.05, 3.63) is 42.0 Å². The second-order valence-corrected chi connectivity index (χ2v) is 4.84. The Morgan fingerprint density at radius 2 is 2.00 bits per heavy atom. The minimum atomic E-state index is -0.364. The van der Waals surface area contributed by atoms with Crippen LogP contribution in [0.15, 0.2) is 36.4 Å². The first-order chi connectivity index (χ1) is 10.7. The quantitative estimate of drug-likeness (QED) is 0.579. The van der Waals surface area contributed by atoms with Crippen molar-refractivity contribution in [2.45, 2.75) is 6.92 Å². The number of ether oxygens (including phenoxy) is 3. The fourth-order valence-corrected chi connectivity index (χ4v) is 2.49. The number of para-hydroxylation sites is 1. The third-order valence-corrected chi connectivity index (χ3v) is 3.42. The second-order valence-electron chi connectivity index (χ2n) is 4.84. The van der Waals surface area contributed by atoms with Crippen LogP contribution < -0.4 is 4.74 Å². The molecule has 1 aromatic heterocycles. The van der Waals surface area contributed by atoms with Crippen LogP contribution in [0, 0.1) is 0 Å². The van der Waals surface area contributed by atoms with Gasteiger partial charge in [0.1, 0.15) is 5.75 Å². The number of nitrogens with one attached hydrogen (secondary N) is 1. The number of hydrogen-bond donors (Lipinski definition) is 1. The molecule has 0 fully saturated rings. The maximum absolute atomic E-state index is 12.1. The number of methoxy groups -OCH3 is 1. The summed E-state index contributed by atoms with van der Waals surface area (Å²) in [5.41, 5.74) is 2.29. The first-order valence-electron chi connectivity index (χ1n) is 7.08. The van der Waals surface area contributed by atoms with E-state index in [1.165, 1.54) is 0 Å². The minimum absolute atomic E-state index is 0.108. The standard InChI is InChI=1S/C17H17NO4/c1-3-21-17(19)11-8-13-12-6-4-5-7-14(12)18-16(13)15(9-11)22-10-20-2/h4-9,18H,3,10H2,1-2H3. The van der Waals surface area contributed by atoms with Gasteiger partial charge in [-0.3, -0.25) is 0 Å². The lowest BCUT2D eigenvalue weighted by Gasteiger charge is -2.09. The van der Waals surface area contributed by atoms with Gasteiger partial charge < -0.3 is 19.2 Å². The van der Waals surface area contributed by atoms with Crippen LogP contribution in [-0.4, -0.2) is 31.5 Å². The van der Waals surface area contributed by atoms with Crippen LogP contribution in [0.1, 0.15) is 17.3 Å². The van der Waals surface area contributed by atoms with Gasteiger partial charge in [-0.05, 0) is 25.1 Å². The molecule has 22 heavy (non-hydrogen) atoms. The van der Waals surface area contributed by atoms with Crippen LogP contribution in [0.3, 0.4) is 0 Å². The predicted molar refractivity (Wildman–Crippen MR) is 84.3 cm³/mol. The van der Waals surface area contributed by atoms with Crippen LogP contribution >= 0.6 is 0 Å². The maximum atomic E-state index is 12.1. The van der Waals surface area contributed by atoms with Gasteiger partial charge in [0.05, 0.1) is 17.7 Å². The molecule has 114 valence electrons. The molecule has 3 rings (SSSR count). The van der Waals surface area contributed by atoms with Gasteiger partial charge in [-0.2, -0.15) is 0 Å². The number of hydrogen-bond acceptors (Lipinski definition) is 4. The highest BCUT2D eigenvalue weighted by Crippen LogP contribution is 2.33. The number of rotatable bonds is 5. The molecule has 1 N–H and O–H groups in total. The van der Waals surface area contributed by atoms with Crippen LogP contribution in [0.25, 0.3) is 21.8 Å². The lowest BCUT2D eigenvalue weighted by molar-refractivity contribution is 0.0497. The summed E-state index contributed by atoms with van der Waals surface area (Å²) in [6, 6.07) is 11.4. The van der Waals surface area contributed by atoms with E-state index in [0.29, 0.717) is 17.9 Å². The van der Waals surface area contributed by atoms with Gasteiger partial charge in [-0.1, -0.05) is 18.2 Å². The average molecular weight is 299 g/mol. The van der Waals surface area contributed by atoms with E-state index in [-0.39, 0.29) is 12.8 Å². The summed E-state index contributed by atoms with van der Waals surface area (Å²) in [5, 5.41) is 1.96. The Balaban J connectivity index is 2.21. The molecule has 0 aliphatic heterocycles. The number of H-pyrrole nitrogens is 1. The Morgan fingerprint density at radius 3 is 2.77 bits per heavy atom. The predicted octanol–water partition coefficient (Wildman–Crippen LogP) is 3.48. The summed E-state index contributed by atoms with van der Waals surface area (Å²) in [6.45, 7) is 2.22. The molecule has 0 spiro atoms. The number of fused-ring (bicyclic) bond motifs is 3. The van der Waals surface area contributed by atoms with E-state index in [9.17, 15) is 4.79 Å². The van der Waals surface area contributed by atoms with Crippen LogP contribution in [0.2, 0.25) is 0 Å². The summed E-state index contributed by atoms with van der Waals surface area (Å²) in [6.07, 6.45) is 0. The number of carbonyl (C=O) groups is 1. The van der Waals surface area contributed by atoms with E-state index in [2.05, 4.69) is 4.98 Å². The zero-order valence-corrected chi connectivity index (χ0v) is 12.5. The SMILES string of the molecule is CCOC(=O)c1cc(OCOC)c2[nH]c3ccccc3c2c1. The lowest BCUT2D eigenvalue weighted by atomic mass is 10.1. The van der Waals surface area contributed by atoms with Gasteiger partial charge in [-0.15, -0.1) is 0 Å². The van der Waals surface area contributed by atoms with Gasteiger partial charge >= 0.3 is 5.97 Å². The molecule has 0 radical (unpaired) electrons. The molecule has 5 heteroatoms. The molecular weight excluding hydrogens is 282 g/mol. The van der Waals surface area contributed by atoms with Gasteiger partial charge in [0.15, 0.2) is 6.79 Å². The summed E-state index contributed by atoms with van der Waals surface area (Å²) in [5.74, 6) is 0.204. The number of aromatic nitrogens is 1. The normalized spacial score (nSPS) is 11.0. The van der Waals surface area contributed by atoms with Gasteiger partial charge in [0, 0.05) is 23.4 Å². The average Bonchev–Trinajstić information content (AvgIpc) is 2.91. The largest absolute Gasteiger partial charge is 0.465 e. The van der Waals surface area contributed by atoms with E-state index < -0.39 is 0 Å². The molecular formula is C17H17NO4. The van der Waals surface area contributed by atoms with Crippen molar-refractivity contribution in [3.63, 3.8) is 0 Å². The molecule has 5 nitrogen and oxygen atoms in total. The molecule has 0 bridgehead atoms. The maximum Gasteiger partial charge on any atom is 0.338 e. The van der Waals surface area contributed by atoms with E-state index >= 15 is 0 Å². The van der Waals surface area contributed by atoms with Gasteiger partial charge in [0.25, 0.3) is 0 Å². The van der Waals surface area contributed by atoms with E-state index in [4.69, 9.17) is 14.2 Å². The molecule has 2 aromatic carbocycles. The third-order valence-electron chi connectivity index (χ3n) is 3.42. The zero-order chi connectivity index (χ0) is 15.5. The molecule has 0 atom stereocenters. The molecule has 0 saturated carbocycles. The first kappa shape index (κ1) is 14.4. The number of esters is 1. The fraction of sp³-hybridized carbons (Fsp3) is 0.235. The van der Waals surface area contributed by atoms with Gasteiger partial charge in [-0.25, -0.2) is 4.79 Å². The number of aromatic amines is 1. The van der Waals surface area contributed by atoms with E-state index in [1.54, 1.807) is 20.1 Å². The Hall–Kier alpha value is -2.53. The second kappa shape index (κ2) is 6.07. The van der Waals surface area contributed by atoms with Crippen molar-refractivity contribution in [2.75, 3.05) is 20.5 Å². The molecule has 0 amide bonds. The van der Waals surface area contributed by atoms with Gasteiger partial charge in [0.2, 0.25) is 0 Å². The summed E-state index contributed by atoms with van der Waals surface area (Å²) in [4.78, 5) is 15.4. The Bertz CT molecular complexity index is 822. The van der Waals surface area contributed by atoms with Crippen LogP contribution in [0.5, 0.6) is 5.75 Å². The van der Waals surface area contributed by atoms with Crippen molar-refractivity contribution in [3.8, 4) is 5.75 Å². The van der Waals surface area contributed by atoms with Crippen molar-refractivity contribution < 1.29 is 19.0 Å². The molecule has 0 saturated heterocycles. The molecule has 0 unspecified atom stereocenters. The minimum Gasteiger partial charge on any atom is -0.465 e. The van der Waals surface area contributed by atoms with Crippen molar-refractivity contribution in [1.82, 2.24) is 4.98 Å². The molecule has 0 aliphatic rings. The van der Waals surface area contributed by atoms with Crippen LogP contribution in [0.4, 0.5) is 0 Å². The summed E-state index contributed by atoms with van der Waals surface area (Å²) >= 11 is 0. The fourth-order valence-electron chi connectivity index (χ4n) is 2.49. The van der Waals surface area contributed by atoms with Crippen molar-refractivity contribution in [1.29, 1.82) is 0 Å². The van der Waals surface area contributed by atoms with Crippen LogP contribution in [-0.2, 0) is 9.47 Å². The highest BCUT2D eigenvalue weighted by atomic mass is 16.7. The Morgan fingerprint density at radius 1 is 1.18 bits per heavy atom. The summed E-state index contributed by atoms with van der Waals surface area (Å²) < 4.78 is 15.7. The third kappa shape index (κ3) is 2.51. The number of benzene rings is 2. The zero-order valence-electron chi connectivity index (χ0n) is 12.5. The van der Waals surface area contributed by atoms with E-state index in [0.717, 1.165) is 21.8 Å². The first-order valence-corrected chi connectivity index (χ1v) is 7.08. The number of carbonyl (C=O) groups excluding carboxylic acids is 1. The highest BCUT2D eigenvalue weighted by molar-refractivity contribution is 6.11. The highest BCUT2D eigenvalue weighted by Gasteiger charge is 2.15. The molecule has 0 aliphatic carbocycles. The van der Waals surface area contributed by atoms with E-state index in [1.807, 2.05) is 30.3 Å². The molecule has 1 heterocycles. The smallest absolute Gasteiger partial charge is 0.338 e. The Kier molecular flexibility index (Phi) is 3.98. The summed E-state index contributed by atoms with van der Waals surface area (Å²) in [7, 11) is 1.55. The van der Waals surface area contributed by atoms with Crippen molar-refractivity contribution in [2.24, 2.45) is 0 Å². The Labute approximate surface area is 127 Å². The monoisotopic (exact) mass is 299 g/mol. The molecule has 3 aromatic rings. The lowest BCUT2D eigenvalue weighted by Crippen LogP contribution is -2.06.